The maximum Gasteiger partial charge on any atom is 0.160 e. The lowest BCUT2D eigenvalue weighted by molar-refractivity contribution is 0.658. The van der Waals surface area contributed by atoms with E-state index in [2.05, 4.69) is 123 Å². The van der Waals surface area contributed by atoms with E-state index < -0.39 is 0 Å². The maximum atomic E-state index is 5.52. The number of hydrogen-bond acceptors (Lipinski definition) is 5. The number of benzene rings is 5. The standard InChI is InChI=1S/C47H32N4S/c1-47(2)38-19-5-3-16-37(38)44-42(47)43(30-14-11-13-29(25-30)34-17-12-18-36-35-15-4-6-22-41(35)52-45(34)36)50-46(51-44)33-27-31(39-20-7-9-23-48-39)26-32(28-33)40-21-8-10-24-49-40/h3-28H,1-2H3. The summed E-state index contributed by atoms with van der Waals surface area (Å²) in [6.07, 6.45) is 3.66. The first-order valence-electron chi connectivity index (χ1n) is 17.5. The molecule has 0 N–H and O–H groups in total. The highest BCUT2D eigenvalue weighted by Gasteiger charge is 2.40. The number of aromatic nitrogens is 4. The molecule has 4 aromatic heterocycles. The maximum absolute atomic E-state index is 5.52. The fourth-order valence-electron chi connectivity index (χ4n) is 7.88. The molecule has 0 amide bonds. The second kappa shape index (κ2) is 11.9. The molecule has 9 aromatic rings. The Morgan fingerprint density at radius 1 is 0.481 bits per heavy atom. The molecule has 0 aliphatic heterocycles. The first-order chi connectivity index (χ1) is 25.5. The van der Waals surface area contributed by atoms with Crippen molar-refractivity contribution in [1.82, 2.24) is 19.9 Å². The van der Waals surface area contributed by atoms with Gasteiger partial charge in [-0.15, -0.1) is 11.3 Å². The predicted octanol–water partition coefficient (Wildman–Crippen LogP) is 12.3. The van der Waals surface area contributed by atoms with Crippen molar-refractivity contribution in [2.24, 2.45) is 0 Å². The number of pyridine rings is 2. The Balaban J connectivity index is 1.21. The van der Waals surface area contributed by atoms with Crippen LogP contribution in [0.1, 0.15) is 25.0 Å². The molecule has 5 heteroatoms. The van der Waals surface area contributed by atoms with Crippen molar-refractivity contribution in [3.63, 3.8) is 0 Å². The lowest BCUT2D eigenvalue weighted by Gasteiger charge is -2.24. The smallest absolute Gasteiger partial charge is 0.160 e. The molecule has 4 nitrogen and oxygen atoms in total. The lowest BCUT2D eigenvalue weighted by atomic mass is 9.80. The number of thiophene rings is 1. The molecule has 0 radical (unpaired) electrons. The summed E-state index contributed by atoms with van der Waals surface area (Å²) >= 11 is 1.86. The lowest BCUT2D eigenvalue weighted by Crippen LogP contribution is -2.17. The monoisotopic (exact) mass is 684 g/mol. The number of rotatable bonds is 5. The van der Waals surface area contributed by atoms with Crippen LogP contribution in [-0.2, 0) is 5.41 Å². The zero-order valence-corrected chi connectivity index (χ0v) is 29.5. The molecular formula is C47H32N4S. The zero-order valence-electron chi connectivity index (χ0n) is 28.7. The van der Waals surface area contributed by atoms with Gasteiger partial charge in [-0.1, -0.05) is 105 Å². The Kier molecular flexibility index (Phi) is 6.98. The third kappa shape index (κ3) is 4.89. The largest absolute Gasteiger partial charge is 0.256 e. The average Bonchev–Trinajstić information content (AvgIpc) is 3.70. The van der Waals surface area contributed by atoms with Crippen LogP contribution in [0.4, 0.5) is 0 Å². The Morgan fingerprint density at radius 3 is 1.85 bits per heavy atom. The topological polar surface area (TPSA) is 51.6 Å². The van der Waals surface area contributed by atoms with Gasteiger partial charge in [0.1, 0.15) is 0 Å². The zero-order chi connectivity index (χ0) is 34.8. The van der Waals surface area contributed by atoms with Crippen LogP contribution in [0.2, 0.25) is 0 Å². The average molecular weight is 685 g/mol. The van der Waals surface area contributed by atoms with E-state index in [1.54, 1.807) is 0 Å². The molecular weight excluding hydrogens is 653 g/mol. The molecule has 4 heterocycles. The Bertz CT molecular complexity index is 2760. The fourth-order valence-corrected chi connectivity index (χ4v) is 9.12. The first-order valence-corrected chi connectivity index (χ1v) is 18.4. The molecule has 246 valence electrons. The van der Waals surface area contributed by atoms with E-state index in [1.807, 2.05) is 60.1 Å². The second-order valence-corrected chi connectivity index (χ2v) is 14.9. The number of fused-ring (bicyclic) bond motifs is 6. The minimum atomic E-state index is -0.295. The van der Waals surface area contributed by atoms with Crippen LogP contribution in [0.5, 0.6) is 0 Å². The van der Waals surface area contributed by atoms with Gasteiger partial charge in [-0.25, -0.2) is 9.97 Å². The van der Waals surface area contributed by atoms with Crippen molar-refractivity contribution in [3.8, 4) is 67.5 Å². The molecule has 0 atom stereocenters. The SMILES string of the molecule is CC1(C)c2ccccc2-c2nc(-c3cc(-c4ccccn4)cc(-c4ccccn4)c3)nc(-c3cccc(-c4cccc5c4sc4ccccc45)c3)c21. The van der Waals surface area contributed by atoms with E-state index in [9.17, 15) is 0 Å². The molecule has 0 saturated heterocycles. The van der Waals surface area contributed by atoms with E-state index in [0.717, 1.165) is 56.2 Å². The molecule has 52 heavy (non-hydrogen) atoms. The van der Waals surface area contributed by atoms with Gasteiger partial charge in [-0.05, 0) is 71.3 Å². The third-order valence-corrected chi connectivity index (χ3v) is 11.6. The van der Waals surface area contributed by atoms with Gasteiger partial charge in [0.15, 0.2) is 5.82 Å². The Morgan fingerprint density at radius 2 is 1.08 bits per heavy atom. The van der Waals surface area contributed by atoms with Crippen molar-refractivity contribution >= 4 is 31.5 Å². The van der Waals surface area contributed by atoms with Crippen molar-refractivity contribution in [2.45, 2.75) is 19.3 Å². The highest BCUT2D eigenvalue weighted by molar-refractivity contribution is 7.26. The third-order valence-electron chi connectivity index (χ3n) is 10.4. The van der Waals surface area contributed by atoms with Crippen LogP contribution < -0.4 is 0 Å². The molecule has 0 unspecified atom stereocenters. The molecule has 1 aliphatic carbocycles. The highest BCUT2D eigenvalue weighted by atomic mass is 32.1. The second-order valence-electron chi connectivity index (χ2n) is 13.9. The van der Waals surface area contributed by atoms with Gasteiger partial charge < -0.3 is 0 Å². The minimum absolute atomic E-state index is 0.295. The Labute approximate surface area is 306 Å². The van der Waals surface area contributed by atoms with Gasteiger partial charge >= 0.3 is 0 Å². The van der Waals surface area contributed by atoms with Gasteiger partial charge in [0.2, 0.25) is 0 Å². The van der Waals surface area contributed by atoms with Crippen LogP contribution in [0, 0.1) is 0 Å². The van der Waals surface area contributed by atoms with Crippen molar-refractivity contribution in [2.75, 3.05) is 0 Å². The molecule has 0 fully saturated rings. The summed E-state index contributed by atoms with van der Waals surface area (Å²) < 4.78 is 2.60. The molecule has 0 bridgehead atoms. The van der Waals surface area contributed by atoms with Crippen molar-refractivity contribution in [3.05, 3.63) is 169 Å². The summed E-state index contributed by atoms with van der Waals surface area (Å²) in [7, 11) is 0. The van der Waals surface area contributed by atoms with E-state index in [1.165, 1.54) is 36.9 Å². The minimum Gasteiger partial charge on any atom is -0.256 e. The van der Waals surface area contributed by atoms with E-state index in [0.29, 0.717) is 5.82 Å². The van der Waals surface area contributed by atoms with Crippen LogP contribution in [0.3, 0.4) is 0 Å². The van der Waals surface area contributed by atoms with Gasteiger partial charge in [-0.3, -0.25) is 9.97 Å². The van der Waals surface area contributed by atoms with Crippen LogP contribution in [-0.4, -0.2) is 19.9 Å². The normalized spacial score (nSPS) is 13.0. The van der Waals surface area contributed by atoms with E-state index in [4.69, 9.17) is 19.9 Å². The fraction of sp³-hybridized carbons (Fsp3) is 0.0638. The van der Waals surface area contributed by atoms with Crippen molar-refractivity contribution < 1.29 is 0 Å². The van der Waals surface area contributed by atoms with Gasteiger partial charge in [-0.2, -0.15) is 0 Å². The summed E-state index contributed by atoms with van der Waals surface area (Å²) in [6.45, 7) is 4.60. The molecule has 10 rings (SSSR count). The summed E-state index contributed by atoms with van der Waals surface area (Å²) in [6, 6.07) is 51.4. The summed E-state index contributed by atoms with van der Waals surface area (Å²) in [5.41, 5.74) is 13.4. The molecule has 0 saturated carbocycles. The summed E-state index contributed by atoms with van der Waals surface area (Å²) in [5, 5.41) is 2.60. The van der Waals surface area contributed by atoms with Gasteiger partial charge in [0, 0.05) is 71.4 Å². The molecule has 0 spiro atoms. The number of nitrogens with zero attached hydrogens (tertiary/aromatic N) is 4. The van der Waals surface area contributed by atoms with E-state index >= 15 is 0 Å². The highest BCUT2D eigenvalue weighted by Crippen LogP contribution is 2.52. The van der Waals surface area contributed by atoms with Gasteiger partial charge in [0.25, 0.3) is 0 Å². The number of hydrogen-bond donors (Lipinski definition) is 0. The van der Waals surface area contributed by atoms with Crippen LogP contribution >= 0.6 is 11.3 Å². The molecule has 1 aliphatic rings. The van der Waals surface area contributed by atoms with Crippen LogP contribution in [0.25, 0.3) is 87.7 Å². The Hall–Kier alpha value is -6.30. The summed E-state index contributed by atoms with van der Waals surface area (Å²) in [5.74, 6) is 0.674. The predicted molar refractivity (Wildman–Crippen MR) is 215 cm³/mol. The van der Waals surface area contributed by atoms with Gasteiger partial charge in [0.05, 0.1) is 22.8 Å². The van der Waals surface area contributed by atoms with E-state index in [-0.39, 0.29) is 5.41 Å². The quantitative estimate of drug-likeness (QED) is 0.181. The molecule has 5 aromatic carbocycles. The summed E-state index contributed by atoms with van der Waals surface area (Å²) in [4.78, 5) is 20.3. The first kappa shape index (κ1) is 30.5. The van der Waals surface area contributed by atoms with Crippen LogP contribution in [0.15, 0.2) is 158 Å². The van der Waals surface area contributed by atoms with Crippen molar-refractivity contribution in [1.29, 1.82) is 0 Å².